The van der Waals surface area contributed by atoms with E-state index < -0.39 is 11.6 Å². The molecule has 0 aliphatic rings. The average Bonchev–Trinajstić information content (AvgIpc) is 2.42. The van der Waals surface area contributed by atoms with Crippen molar-refractivity contribution in [1.29, 1.82) is 0 Å². The highest BCUT2D eigenvalue weighted by molar-refractivity contribution is 5.83. The lowest BCUT2D eigenvalue weighted by Crippen LogP contribution is -2.48. The van der Waals surface area contributed by atoms with Gasteiger partial charge < -0.3 is 15.7 Å². The molecule has 1 amide bonds. The molecule has 0 heterocycles. The van der Waals surface area contributed by atoms with E-state index in [1.807, 2.05) is 63.2 Å². The standard InChI is InChI=1S/C17H22N2O2/c1-17(2,3)19(16(20)21)11-15(18)14-9-8-12-6-4-5-7-13(12)10-14/h4-10,15H,11,18H2,1-3H3,(H,20,21). The van der Waals surface area contributed by atoms with Gasteiger partial charge in [0.05, 0.1) is 0 Å². The van der Waals surface area contributed by atoms with Gasteiger partial charge in [0.2, 0.25) is 0 Å². The van der Waals surface area contributed by atoms with Crippen LogP contribution in [0.2, 0.25) is 0 Å². The topological polar surface area (TPSA) is 66.6 Å². The molecule has 0 saturated heterocycles. The van der Waals surface area contributed by atoms with E-state index in [4.69, 9.17) is 5.73 Å². The van der Waals surface area contributed by atoms with Gasteiger partial charge in [-0.2, -0.15) is 0 Å². The van der Waals surface area contributed by atoms with Crippen LogP contribution in [0.5, 0.6) is 0 Å². The first-order valence-electron chi connectivity index (χ1n) is 7.04. The number of hydrogen-bond donors (Lipinski definition) is 2. The van der Waals surface area contributed by atoms with Gasteiger partial charge in [-0.15, -0.1) is 0 Å². The van der Waals surface area contributed by atoms with Gasteiger partial charge in [-0.05, 0) is 43.2 Å². The third kappa shape index (κ3) is 3.52. The second kappa shape index (κ2) is 5.74. The molecular formula is C17H22N2O2. The third-order valence-electron chi connectivity index (χ3n) is 3.62. The van der Waals surface area contributed by atoms with Crippen molar-refractivity contribution < 1.29 is 9.90 Å². The van der Waals surface area contributed by atoms with Crippen molar-refractivity contribution in [3.8, 4) is 0 Å². The summed E-state index contributed by atoms with van der Waals surface area (Å²) in [5.41, 5.74) is 6.69. The van der Waals surface area contributed by atoms with Crippen LogP contribution < -0.4 is 5.73 Å². The number of nitrogens with two attached hydrogens (primary N) is 1. The van der Waals surface area contributed by atoms with Crippen LogP contribution in [0.15, 0.2) is 42.5 Å². The zero-order valence-corrected chi connectivity index (χ0v) is 12.7. The molecule has 0 fully saturated rings. The van der Waals surface area contributed by atoms with E-state index in [2.05, 4.69) is 0 Å². The van der Waals surface area contributed by atoms with E-state index in [1.165, 1.54) is 4.90 Å². The van der Waals surface area contributed by atoms with Crippen molar-refractivity contribution in [2.24, 2.45) is 5.73 Å². The Hall–Kier alpha value is -2.07. The minimum atomic E-state index is -0.946. The lowest BCUT2D eigenvalue weighted by molar-refractivity contribution is 0.0961. The summed E-state index contributed by atoms with van der Waals surface area (Å²) in [6.45, 7) is 5.88. The van der Waals surface area contributed by atoms with Gasteiger partial charge in [-0.25, -0.2) is 4.79 Å². The van der Waals surface area contributed by atoms with Crippen LogP contribution in [-0.4, -0.2) is 28.2 Å². The van der Waals surface area contributed by atoms with Gasteiger partial charge in [-0.3, -0.25) is 0 Å². The summed E-state index contributed by atoms with van der Waals surface area (Å²) in [7, 11) is 0. The van der Waals surface area contributed by atoms with Crippen LogP contribution in [-0.2, 0) is 0 Å². The van der Waals surface area contributed by atoms with E-state index in [9.17, 15) is 9.90 Å². The molecule has 2 rings (SSSR count). The van der Waals surface area contributed by atoms with E-state index in [-0.39, 0.29) is 12.6 Å². The molecule has 0 bridgehead atoms. The molecule has 0 spiro atoms. The van der Waals surface area contributed by atoms with Crippen LogP contribution in [0.4, 0.5) is 4.79 Å². The first kappa shape index (κ1) is 15.3. The summed E-state index contributed by atoms with van der Waals surface area (Å²) >= 11 is 0. The molecule has 0 radical (unpaired) electrons. The summed E-state index contributed by atoms with van der Waals surface area (Å²) in [4.78, 5) is 12.8. The highest BCUT2D eigenvalue weighted by Crippen LogP contribution is 2.22. The number of amides is 1. The quantitative estimate of drug-likeness (QED) is 0.905. The van der Waals surface area contributed by atoms with Crippen molar-refractivity contribution in [2.75, 3.05) is 6.54 Å². The molecule has 0 saturated carbocycles. The van der Waals surface area contributed by atoms with E-state index in [0.717, 1.165) is 16.3 Å². The van der Waals surface area contributed by atoms with E-state index in [0.29, 0.717) is 0 Å². The van der Waals surface area contributed by atoms with Gasteiger partial charge in [0.1, 0.15) is 0 Å². The fraction of sp³-hybridized carbons (Fsp3) is 0.353. The predicted molar refractivity (Wildman–Crippen MR) is 85.4 cm³/mol. The number of benzene rings is 2. The van der Waals surface area contributed by atoms with Crippen molar-refractivity contribution >= 4 is 16.9 Å². The Morgan fingerprint density at radius 3 is 2.38 bits per heavy atom. The number of nitrogens with zero attached hydrogens (tertiary/aromatic N) is 1. The molecule has 21 heavy (non-hydrogen) atoms. The number of carbonyl (C=O) groups is 1. The summed E-state index contributed by atoms with van der Waals surface area (Å²) < 4.78 is 0. The Morgan fingerprint density at radius 2 is 1.81 bits per heavy atom. The Kier molecular flexibility index (Phi) is 4.19. The van der Waals surface area contributed by atoms with Crippen molar-refractivity contribution in [3.63, 3.8) is 0 Å². The first-order valence-corrected chi connectivity index (χ1v) is 7.04. The summed E-state index contributed by atoms with van der Waals surface area (Å²) in [6, 6.07) is 13.7. The van der Waals surface area contributed by atoms with Crippen LogP contribution in [0.1, 0.15) is 32.4 Å². The summed E-state index contributed by atoms with van der Waals surface area (Å²) in [6.07, 6.45) is -0.946. The Bertz CT molecular complexity index is 647. The van der Waals surface area contributed by atoms with Gasteiger partial charge >= 0.3 is 6.09 Å². The molecule has 4 nitrogen and oxygen atoms in total. The SMILES string of the molecule is CC(C)(C)N(CC(N)c1ccc2ccccc2c1)C(=O)O. The van der Waals surface area contributed by atoms with Gasteiger partial charge in [0, 0.05) is 18.1 Å². The molecule has 0 aliphatic carbocycles. The third-order valence-corrected chi connectivity index (χ3v) is 3.62. The summed E-state index contributed by atoms with van der Waals surface area (Å²) in [5.74, 6) is 0. The fourth-order valence-electron chi connectivity index (χ4n) is 2.38. The number of carboxylic acid groups (broad SMARTS) is 1. The molecular weight excluding hydrogens is 264 g/mol. The van der Waals surface area contributed by atoms with Crippen LogP contribution >= 0.6 is 0 Å². The largest absolute Gasteiger partial charge is 0.465 e. The number of hydrogen-bond acceptors (Lipinski definition) is 2. The second-order valence-electron chi connectivity index (χ2n) is 6.28. The summed E-state index contributed by atoms with van der Waals surface area (Å²) in [5, 5.41) is 11.6. The van der Waals surface area contributed by atoms with Gasteiger partial charge in [-0.1, -0.05) is 36.4 Å². The zero-order valence-electron chi connectivity index (χ0n) is 12.7. The minimum absolute atomic E-state index is 0.275. The average molecular weight is 286 g/mol. The molecule has 1 atom stereocenters. The first-order chi connectivity index (χ1) is 9.79. The lowest BCUT2D eigenvalue weighted by Gasteiger charge is -2.35. The van der Waals surface area contributed by atoms with Gasteiger partial charge in [0.15, 0.2) is 0 Å². The molecule has 112 valence electrons. The van der Waals surface area contributed by atoms with Crippen molar-refractivity contribution in [3.05, 3.63) is 48.0 Å². The predicted octanol–water partition coefficient (Wildman–Crippen LogP) is 3.62. The Labute approximate surface area is 125 Å². The molecule has 0 aromatic heterocycles. The van der Waals surface area contributed by atoms with Crippen molar-refractivity contribution in [2.45, 2.75) is 32.4 Å². The molecule has 2 aromatic carbocycles. The normalized spacial score (nSPS) is 13.1. The Balaban J connectivity index is 2.25. The number of rotatable bonds is 3. The number of fused-ring (bicyclic) bond motifs is 1. The van der Waals surface area contributed by atoms with Crippen molar-refractivity contribution in [1.82, 2.24) is 4.90 Å². The fourth-order valence-corrected chi connectivity index (χ4v) is 2.38. The second-order valence-corrected chi connectivity index (χ2v) is 6.28. The highest BCUT2D eigenvalue weighted by atomic mass is 16.4. The smallest absolute Gasteiger partial charge is 0.407 e. The highest BCUT2D eigenvalue weighted by Gasteiger charge is 2.28. The monoisotopic (exact) mass is 286 g/mol. The minimum Gasteiger partial charge on any atom is -0.465 e. The van der Waals surface area contributed by atoms with Crippen LogP contribution in [0.3, 0.4) is 0 Å². The molecule has 3 N–H and O–H groups in total. The Morgan fingerprint density at radius 1 is 1.19 bits per heavy atom. The molecule has 1 unspecified atom stereocenters. The van der Waals surface area contributed by atoms with Gasteiger partial charge in [0.25, 0.3) is 0 Å². The maximum absolute atomic E-state index is 11.4. The van der Waals surface area contributed by atoms with E-state index in [1.54, 1.807) is 0 Å². The van der Waals surface area contributed by atoms with Crippen LogP contribution in [0, 0.1) is 0 Å². The molecule has 2 aromatic rings. The molecule has 4 heteroatoms. The zero-order chi connectivity index (χ0) is 15.6. The van der Waals surface area contributed by atoms with Crippen LogP contribution in [0.25, 0.3) is 10.8 Å². The van der Waals surface area contributed by atoms with E-state index >= 15 is 0 Å². The molecule has 0 aliphatic heterocycles. The maximum Gasteiger partial charge on any atom is 0.407 e. The maximum atomic E-state index is 11.4. The lowest BCUT2D eigenvalue weighted by atomic mass is 10.00.